The molecule has 3 rings (SSSR count). The van der Waals surface area contributed by atoms with Crippen molar-refractivity contribution >= 4 is 17.3 Å². The second-order valence-corrected chi connectivity index (χ2v) is 3.88. The Labute approximate surface area is 104 Å². The normalized spacial score (nSPS) is 14.8. The van der Waals surface area contributed by atoms with Gasteiger partial charge in [0.05, 0.1) is 17.8 Å². The smallest absolute Gasteiger partial charge is 0.253 e. The van der Waals surface area contributed by atoms with E-state index in [0.29, 0.717) is 6.42 Å². The largest absolute Gasteiger partial charge is 0.272 e. The number of rotatable bonds is 2. The fourth-order valence-corrected chi connectivity index (χ4v) is 1.81. The van der Waals surface area contributed by atoms with Gasteiger partial charge in [-0.15, -0.1) is 0 Å². The van der Waals surface area contributed by atoms with E-state index in [1.165, 1.54) is 5.01 Å². The third kappa shape index (κ3) is 1.86. The highest BCUT2D eigenvalue weighted by molar-refractivity contribution is 6.19. The first-order valence-electron chi connectivity index (χ1n) is 5.55. The molecule has 0 saturated heterocycles. The van der Waals surface area contributed by atoms with Crippen molar-refractivity contribution in [3.63, 3.8) is 0 Å². The molecular formula is C13H10N4O. The lowest BCUT2D eigenvalue weighted by atomic mass is 10.1. The minimum atomic E-state index is -0.0416. The molecular weight excluding hydrogens is 228 g/mol. The number of hydrogen-bond donors (Lipinski definition) is 0. The number of amides is 1. The average molecular weight is 238 g/mol. The average Bonchev–Trinajstić information content (AvgIpc) is 2.83. The van der Waals surface area contributed by atoms with Crippen LogP contribution >= 0.6 is 0 Å². The van der Waals surface area contributed by atoms with Gasteiger partial charge in [0.15, 0.2) is 0 Å². The van der Waals surface area contributed by atoms with Crippen LogP contribution in [0.25, 0.3) is 0 Å². The van der Waals surface area contributed by atoms with E-state index in [9.17, 15) is 4.79 Å². The van der Waals surface area contributed by atoms with E-state index < -0.39 is 0 Å². The molecule has 0 N–H and O–H groups in total. The van der Waals surface area contributed by atoms with Crippen LogP contribution in [0, 0.1) is 0 Å². The summed E-state index contributed by atoms with van der Waals surface area (Å²) in [5, 5.41) is 5.75. The summed E-state index contributed by atoms with van der Waals surface area (Å²) in [5.74, 6) is -0.0416. The molecule has 18 heavy (non-hydrogen) atoms. The van der Waals surface area contributed by atoms with Gasteiger partial charge in [-0.2, -0.15) is 5.10 Å². The summed E-state index contributed by atoms with van der Waals surface area (Å²) < 4.78 is 0. The van der Waals surface area contributed by atoms with E-state index in [1.54, 1.807) is 36.9 Å². The number of hydrogen-bond acceptors (Lipinski definition) is 4. The molecule has 1 aliphatic heterocycles. The number of aromatic nitrogens is 2. The summed E-state index contributed by atoms with van der Waals surface area (Å²) in [4.78, 5) is 19.9. The highest BCUT2D eigenvalue weighted by Gasteiger charge is 2.25. The maximum atomic E-state index is 11.9. The van der Waals surface area contributed by atoms with Gasteiger partial charge < -0.3 is 0 Å². The molecule has 2 aromatic rings. The number of anilines is 1. The summed E-state index contributed by atoms with van der Waals surface area (Å²) >= 11 is 0. The zero-order chi connectivity index (χ0) is 12.4. The zero-order valence-electron chi connectivity index (χ0n) is 9.52. The molecule has 0 spiro atoms. The Morgan fingerprint density at radius 1 is 1.06 bits per heavy atom. The molecule has 0 radical (unpaired) electrons. The minimum Gasteiger partial charge on any atom is -0.272 e. The monoisotopic (exact) mass is 238 g/mol. The summed E-state index contributed by atoms with van der Waals surface area (Å²) in [7, 11) is 0. The van der Waals surface area contributed by atoms with Gasteiger partial charge in [0.25, 0.3) is 5.91 Å². The van der Waals surface area contributed by atoms with Gasteiger partial charge >= 0.3 is 0 Å². The first-order valence-corrected chi connectivity index (χ1v) is 5.55. The van der Waals surface area contributed by atoms with Crippen LogP contribution in [-0.4, -0.2) is 21.6 Å². The van der Waals surface area contributed by atoms with E-state index in [-0.39, 0.29) is 5.91 Å². The van der Waals surface area contributed by atoms with Crippen LogP contribution in [0.4, 0.5) is 5.69 Å². The summed E-state index contributed by atoms with van der Waals surface area (Å²) in [6.45, 7) is 0. The topological polar surface area (TPSA) is 58.5 Å². The molecule has 0 bridgehead atoms. The molecule has 0 fully saturated rings. The molecule has 5 heteroatoms. The molecule has 0 saturated carbocycles. The van der Waals surface area contributed by atoms with Gasteiger partial charge in [-0.3, -0.25) is 14.8 Å². The predicted octanol–water partition coefficient (Wildman–Crippen LogP) is 1.62. The van der Waals surface area contributed by atoms with Crippen LogP contribution in [0.1, 0.15) is 12.0 Å². The van der Waals surface area contributed by atoms with Crippen LogP contribution in [0.3, 0.4) is 0 Å². The van der Waals surface area contributed by atoms with E-state index in [1.807, 2.05) is 12.1 Å². The molecule has 0 atom stereocenters. The third-order valence-corrected chi connectivity index (χ3v) is 2.68. The zero-order valence-corrected chi connectivity index (χ0v) is 9.52. The first-order chi connectivity index (χ1) is 8.84. The van der Waals surface area contributed by atoms with Crippen LogP contribution in [0.2, 0.25) is 0 Å². The molecule has 5 nitrogen and oxygen atoms in total. The van der Waals surface area contributed by atoms with Crippen LogP contribution < -0.4 is 5.01 Å². The second-order valence-electron chi connectivity index (χ2n) is 3.88. The molecule has 3 heterocycles. The maximum Gasteiger partial charge on any atom is 0.253 e. The number of nitrogens with zero attached hydrogens (tertiary/aromatic N) is 4. The lowest BCUT2D eigenvalue weighted by Gasteiger charge is -2.10. The van der Waals surface area contributed by atoms with E-state index in [2.05, 4.69) is 15.1 Å². The Kier molecular flexibility index (Phi) is 2.57. The molecule has 88 valence electrons. The second kappa shape index (κ2) is 4.37. The van der Waals surface area contributed by atoms with E-state index in [4.69, 9.17) is 0 Å². The molecule has 2 aromatic heterocycles. The standard InChI is InChI=1S/C13H10N4O/c18-13-8-12(10-2-1-5-15-9-10)16-17(13)11-3-6-14-7-4-11/h1-7,9H,8H2. The Morgan fingerprint density at radius 3 is 2.61 bits per heavy atom. The van der Waals surface area contributed by atoms with Crippen molar-refractivity contribution in [2.24, 2.45) is 5.10 Å². The summed E-state index contributed by atoms with van der Waals surface area (Å²) in [6.07, 6.45) is 6.98. The van der Waals surface area contributed by atoms with Crippen molar-refractivity contribution in [1.29, 1.82) is 0 Å². The van der Waals surface area contributed by atoms with Crippen molar-refractivity contribution in [1.82, 2.24) is 9.97 Å². The van der Waals surface area contributed by atoms with Crippen LogP contribution in [-0.2, 0) is 4.79 Å². The molecule has 0 aliphatic carbocycles. The number of hydrazone groups is 1. The van der Waals surface area contributed by atoms with Gasteiger partial charge in [0, 0.05) is 30.4 Å². The molecule has 0 unspecified atom stereocenters. The van der Waals surface area contributed by atoms with Crippen molar-refractivity contribution in [3.8, 4) is 0 Å². The molecule has 0 aromatic carbocycles. The van der Waals surface area contributed by atoms with Crippen molar-refractivity contribution in [2.45, 2.75) is 6.42 Å². The Bertz CT molecular complexity index is 595. The fourth-order valence-electron chi connectivity index (χ4n) is 1.81. The lowest BCUT2D eigenvalue weighted by Crippen LogP contribution is -2.19. The van der Waals surface area contributed by atoms with Gasteiger partial charge in [-0.25, -0.2) is 5.01 Å². The predicted molar refractivity (Wildman–Crippen MR) is 67.1 cm³/mol. The van der Waals surface area contributed by atoms with Gasteiger partial charge in [-0.1, -0.05) is 0 Å². The summed E-state index contributed by atoms with van der Waals surface area (Å²) in [6, 6.07) is 7.24. The van der Waals surface area contributed by atoms with Crippen molar-refractivity contribution < 1.29 is 4.79 Å². The van der Waals surface area contributed by atoms with Crippen LogP contribution in [0.15, 0.2) is 54.2 Å². The fraction of sp³-hybridized carbons (Fsp3) is 0.0769. The van der Waals surface area contributed by atoms with Gasteiger partial charge in [0.1, 0.15) is 0 Å². The summed E-state index contributed by atoms with van der Waals surface area (Å²) in [5.41, 5.74) is 2.35. The Balaban J connectivity index is 1.95. The van der Waals surface area contributed by atoms with E-state index in [0.717, 1.165) is 17.0 Å². The SMILES string of the molecule is O=C1CC(c2cccnc2)=NN1c1ccncc1. The highest BCUT2D eigenvalue weighted by atomic mass is 16.2. The lowest BCUT2D eigenvalue weighted by molar-refractivity contribution is -0.116. The van der Waals surface area contributed by atoms with E-state index >= 15 is 0 Å². The molecule has 1 aliphatic rings. The molecule has 1 amide bonds. The maximum absolute atomic E-state index is 11.9. The third-order valence-electron chi connectivity index (χ3n) is 2.68. The highest BCUT2D eigenvalue weighted by Crippen LogP contribution is 2.21. The first kappa shape index (κ1) is 10.6. The van der Waals surface area contributed by atoms with Crippen LogP contribution in [0.5, 0.6) is 0 Å². The Morgan fingerprint density at radius 2 is 1.89 bits per heavy atom. The van der Waals surface area contributed by atoms with Crippen molar-refractivity contribution in [2.75, 3.05) is 5.01 Å². The quantitative estimate of drug-likeness (QED) is 0.798. The van der Waals surface area contributed by atoms with Crippen molar-refractivity contribution in [3.05, 3.63) is 54.6 Å². The number of carbonyl (C=O) groups excluding carboxylic acids is 1. The Hall–Kier alpha value is -2.56. The van der Waals surface area contributed by atoms with Gasteiger partial charge in [0.2, 0.25) is 0 Å². The minimum absolute atomic E-state index is 0.0416. The number of carbonyl (C=O) groups is 1. The number of pyridine rings is 2. The van der Waals surface area contributed by atoms with Gasteiger partial charge in [-0.05, 0) is 24.3 Å².